The summed E-state index contributed by atoms with van der Waals surface area (Å²) in [6.07, 6.45) is 5.75. The van der Waals surface area contributed by atoms with E-state index in [-0.39, 0.29) is 5.56 Å². The van der Waals surface area contributed by atoms with Gasteiger partial charge in [-0.1, -0.05) is 12.1 Å². The molecule has 2 aromatic heterocycles. The molecule has 0 atom stereocenters. The highest BCUT2D eigenvalue weighted by Crippen LogP contribution is 2.27. The number of hydrogen-bond donors (Lipinski definition) is 3. The molecule has 0 aliphatic carbocycles. The summed E-state index contributed by atoms with van der Waals surface area (Å²) in [5, 5.41) is 11.7. The first kappa shape index (κ1) is 22.6. The molecule has 1 saturated heterocycles. The summed E-state index contributed by atoms with van der Waals surface area (Å²) in [5.74, 6) is 0.834. The van der Waals surface area contributed by atoms with Gasteiger partial charge < -0.3 is 21.1 Å². The second kappa shape index (κ2) is 9.98. The van der Waals surface area contributed by atoms with E-state index in [0.29, 0.717) is 18.4 Å². The number of aryl methyl sites for hydroxylation is 1. The summed E-state index contributed by atoms with van der Waals surface area (Å²) >= 11 is 0. The highest BCUT2D eigenvalue weighted by atomic mass is 16.5. The van der Waals surface area contributed by atoms with E-state index < -0.39 is 5.91 Å². The van der Waals surface area contributed by atoms with Crippen LogP contribution >= 0.6 is 0 Å². The number of nitrogens with one attached hydrogen (secondary N) is 2. The summed E-state index contributed by atoms with van der Waals surface area (Å²) in [6, 6.07) is 13.4. The smallest absolute Gasteiger partial charge is 0.254 e. The topological polar surface area (TPSA) is 123 Å². The van der Waals surface area contributed by atoms with Crippen molar-refractivity contribution in [2.45, 2.75) is 12.8 Å². The van der Waals surface area contributed by atoms with Crippen LogP contribution in [0.1, 0.15) is 23.2 Å². The molecule has 35 heavy (non-hydrogen) atoms. The van der Waals surface area contributed by atoms with Gasteiger partial charge in [-0.3, -0.25) is 14.4 Å². The standard InChI is InChI=1S/C25H28N8O2/c1-32-22-17(15-28-32)5-4-6-21(22)30-24-20(23(26)34)16-27-25(31-24)29-18-7-9-19(10-8-18)35-14-13-33-11-2-3-12-33/h4-10,15-16H,2-3,11-14H2,1H3,(H2,26,34)(H2,27,29,30,31). The average molecular weight is 473 g/mol. The number of carbonyl (C=O) groups is 1. The minimum absolute atomic E-state index is 0.191. The average Bonchev–Trinajstić information content (AvgIpc) is 3.51. The maximum absolute atomic E-state index is 12.0. The van der Waals surface area contributed by atoms with Crippen molar-refractivity contribution in [1.29, 1.82) is 0 Å². The summed E-state index contributed by atoms with van der Waals surface area (Å²) in [4.78, 5) is 23.2. The van der Waals surface area contributed by atoms with Crippen molar-refractivity contribution in [3.8, 4) is 5.75 Å². The van der Waals surface area contributed by atoms with E-state index in [2.05, 4.69) is 30.6 Å². The number of carbonyl (C=O) groups excluding carboxylic acids is 1. The Morgan fingerprint density at radius 1 is 1.09 bits per heavy atom. The number of para-hydroxylation sites is 1. The molecule has 10 heteroatoms. The number of nitrogens with two attached hydrogens (primary N) is 1. The number of fused-ring (bicyclic) bond motifs is 1. The van der Waals surface area contributed by atoms with Crippen LogP contribution in [-0.2, 0) is 7.05 Å². The second-order valence-electron chi connectivity index (χ2n) is 8.50. The Labute approximate surface area is 203 Å². The van der Waals surface area contributed by atoms with Crippen molar-refractivity contribution < 1.29 is 9.53 Å². The van der Waals surface area contributed by atoms with Gasteiger partial charge in [-0.05, 0) is 56.3 Å². The molecule has 1 aliphatic rings. The predicted octanol–water partition coefficient (Wildman–Crippen LogP) is 3.42. The molecule has 0 bridgehead atoms. The van der Waals surface area contributed by atoms with Crippen molar-refractivity contribution in [2.24, 2.45) is 12.8 Å². The van der Waals surface area contributed by atoms with Crippen LogP contribution in [-0.4, -0.2) is 56.8 Å². The van der Waals surface area contributed by atoms with Crippen molar-refractivity contribution >= 4 is 40.0 Å². The van der Waals surface area contributed by atoms with Gasteiger partial charge in [0.15, 0.2) is 0 Å². The molecule has 3 heterocycles. The third kappa shape index (κ3) is 5.17. The van der Waals surface area contributed by atoms with E-state index in [1.54, 1.807) is 10.9 Å². The monoisotopic (exact) mass is 472 g/mol. The Kier molecular flexibility index (Phi) is 6.44. The normalized spacial score (nSPS) is 13.7. The van der Waals surface area contributed by atoms with Gasteiger partial charge in [0, 0.05) is 30.9 Å². The van der Waals surface area contributed by atoms with E-state index >= 15 is 0 Å². The van der Waals surface area contributed by atoms with Gasteiger partial charge in [-0.25, -0.2) is 4.98 Å². The number of benzene rings is 2. The van der Waals surface area contributed by atoms with Crippen LogP contribution in [0.4, 0.5) is 23.1 Å². The van der Waals surface area contributed by atoms with Gasteiger partial charge >= 0.3 is 0 Å². The van der Waals surface area contributed by atoms with E-state index in [1.807, 2.05) is 49.5 Å². The van der Waals surface area contributed by atoms with Crippen molar-refractivity contribution in [3.05, 3.63) is 60.4 Å². The van der Waals surface area contributed by atoms with Crippen LogP contribution in [0, 0.1) is 0 Å². The molecule has 2 aromatic carbocycles. The van der Waals surface area contributed by atoms with Crippen molar-refractivity contribution in [2.75, 3.05) is 36.9 Å². The number of primary amides is 1. The molecule has 4 N–H and O–H groups in total. The zero-order valence-electron chi connectivity index (χ0n) is 19.6. The lowest BCUT2D eigenvalue weighted by atomic mass is 10.2. The second-order valence-corrected chi connectivity index (χ2v) is 8.50. The molecule has 0 saturated carbocycles. The minimum atomic E-state index is -0.619. The molecule has 0 spiro atoms. The van der Waals surface area contributed by atoms with Crippen LogP contribution in [0.25, 0.3) is 10.9 Å². The predicted molar refractivity (Wildman–Crippen MR) is 135 cm³/mol. The van der Waals surface area contributed by atoms with Gasteiger partial charge in [0.25, 0.3) is 5.91 Å². The molecular weight excluding hydrogens is 444 g/mol. The number of likely N-dealkylation sites (tertiary alicyclic amines) is 1. The lowest BCUT2D eigenvalue weighted by Crippen LogP contribution is -2.25. The molecule has 4 aromatic rings. The molecule has 10 nitrogen and oxygen atoms in total. The summed E-state index contributed by atoms with van der Waals surface area (Å²) in [7, 11) is 1.86. The lowest BCUT2D eigenvalue weighted by molar-refractivity contribution is 0.100. The number of rotatable bonds is 9. The molecule has 0 unspecified atom stereocenters. The molecule has 5 rings (SSSR count). The Morgan fingerprint density at radius 3 is 2.66 bits per heavy atom. The van der Waals surface area contributed by atoms with Crippen molar-refractivity contribution in [3.63, 3.8) is 0 Å². The molecule has 1 aliphatic heterocycles. The molecule has 0 radical (unpaired) electrons. The summed E-state index contributed by atoms with van der Waals surface area (Å²) in [5.41, 5.74) is 8.20. The SMILES string of the molecule is Cn1ncc2cccc(Nc3nc(Nc4ccc(OCCN5CCCC5)cc4)ncc3C(N)=O)c21. The van der Waals surface area contributed by atoms with E-state index in [1.165, 1.54) is 19.0 Å². The van der Waals surface area contributed by atoms with Crippen LogP contribution in [0.3, 0.4) is 0 Å². The Balaban J connectivity index is 1.30. The third-order valence-electron chi connectivity index (χ3n) is 6.05. The maximum atomic E-state index is 12.0. The lowest BCUT2D eigenvalue weighted by Gasteiger charge is -2.15. The largest absolute Gasteiger partial charge is 0.492 e. The van der Waals surface area contributed by atoms with Crippen LogP contribution < -0.4 is 21.1 Å². The highest BCUT2D eigenvalue weighted by Gasteiger charge is 2.15. The zero-order chi connectivity index (χ0) is 24.2. The fourth-order valence-electron chi connectivity index (χ4n) is 4.24. The van der Waals surface area contributed by atoms with Crippen LogP contribution in [0.5, 0.6) is 5.75 Å². The quantitative estimate of drug-likeness (QED) is 0.339. The summed E-state index contributed by atoms with van der Waals surface area (Å²) < 4.78 is 7.63. The molecular formula is C25H28N8O2. The van der Waals surface area contributed by atoms with Gasteiger partial charge in [-0.15, -0.1) is 0 Å². The van der Waals surface area contributed by atoms with E-state index in [4.69, 9.17) is 10.5 Å². The van der Waals surface area contributed by atoms with E-state index in [9.17, 15) is 4.79 Å². The van der Waals surface area contributed by atoms with Crippen LogP contribution in [0.15, 0.2) is 54.9 Å². The molecule has 180 valence electrons. The number of anilines is 4. The van der Waals surface area contributed by atoms with Gasteiger partial charge in [0.1, 0.15) is 23.7 Å². The highest BCUT2D eigenvalue weighted by molar-refractivity contribution is 6.00. The fourth-order valence-corrected chi connectivity index (χ4v) is 4.24. The fraction of sp³-hybridized carbons (Fsp3) is 0.280. The first-order chi connectivity index (χ1) is 17.1. The Bertz CT molecular complexity index is 1330. The number of ether oxygens (including phenoxy) is 1. The number of aromatic nitrogens is 4. The molecule has 1 amide bonds. The Hall–Kier alpha value is -4.18. The van der Waals surface area contributed by atoms with Gasteiger partial charge in [0.2, 0.25) is 5.95 Å². The number of amides is 1. The molecule has 1 fully saturated rings. The Morgan fingerprint density at radius 2 is 1.89 bits per heavy atom. The number of nitrogens with zero attached hydrogens (tertiary/aromatic N) is 5. The van der Waals surface area contributed by atoms with Gasteiger partial charge in [-0.2, -0.15) is 10.1 Å². The first-order valence-electron chi connectivity index (χ1n) is 11.6. The summed E-state index contributed by atoms with van der Waals surface area (Å²) in [6.45, 7) is 3.94. The first-order valence-corrected chi connectivity index (χ1v) is 11.6. The zero-order valence-corrected chi connectivity index (χ0v) is 19.6. The van der Waals surface area contributed by atoms with Crippen molar-refractivity contribution in [1.82, 2.24) is 24.6 Å². The van der Waals surface area contributed by atoms with Gasteiger partial charge in [0.05, 0.1) is 17.4 Å². The third-order valence-corrected chi connectivity index (χ3v) is 6.05. The number of hydrogen-bond acceptors (Lipinski definition) is 8. The minimum Gasteiger partial charge on any atom is -0.492 e. The van der Waals surface area contributed by atoms with E-state index in [0.717, 1.165) is 47.7 Å². The maximum Gasteiger partial charge on any atom is 0.254 e. The van der Waals surface area contributed by atoms with Crippen LogP contribution in [0.2, 0.25) is 0 Å².